The van der Waals surface area contributed by atoms with Crippen LogP contribution in [0, 0.1) is 0 Å². The quantitative estimate of drug-likeness (QED) is 0.437. The summed E-state index contributed by atoms with van der Waals surface area (Å²) in [6.07, 6.45) is -2.94. The van der Waals surface area contributed by atoms with Gasteiger partial charge in [-0.2, -0.15) is 13.2 Å². The summed E-state index contributed by atoms with van der Waals surface area (Å²) in [7, 11) is 1.87. The number of fused-ring (bicyclic) bond motifs is 1. The number of likely N-dealkylation sites (tertiary alicyclic amines) is 1. The summed E-state index contributed by atoms with van der Waals surface area (Å²) in [6.45, 7) is 1.83. The van der Waals surface area contributed by atoms with E-state index < -0.39 is 23.8 Å². The first-order valence-electron chi connectivity index (χ1n) is 12.6. The van der Waals surface area contributed by atoms with Gasteiger partial charge in [0.2, 0.25) is 0 Å². The molecule has 2 aromatic carbocycles. The third-order valence-electron chi connectivity index (χ3n) is 7.86. The Morgan fingerprint density at radius 3 is 2.58 bits per heavy atom. The second-order valence-electron chi connectivity index (χ2n) is 10.5. The SMILES string of the molecule is Cn1cnnc1CC1(c2cccc(N3Cc4c(cc(CCN5CC(F)C5)cc4C(F)(F)F)C3=O)c2)COC1. The molecule has 0 atom stereocenters. The number of hydrogen-bond acceptors (Lipinski definition) is 5. The molecule has 2 fully saturated rings. The molecule has 3 aliphatic rings. The van der Waals surface area contributed by atoms with E-state index in [0.29, 0.717) is 56.9 Å². The van der Waals surface area contributed by atoms with Crippen molar-refractivity contribution in [1.29, 1.82) is 0 Å². The van der Waals surface area contributed by atoms with E-state index in [-0.39, 0.29) is 23.1 Å². The zero-order chi connectivity index (χ0) is 26.7. The number of anilines is 1. The van der Waals surface area contributed by atoms with Crippen molar-refractivity contribution in [3.8, 4) is 0 Å². The summed E-state index contributed by atoms with van der Waals surface area (Å²) in [4.78, 5) is 16.7. The molecule has 200 valence electrons. The van der Waals surface area contributed by atoms with Gasteiger partial charge in [0.1, 0.15) is 18.3 Å². The zero-order valence-electron chi connectivity index (χ0n) is 20.8. The minimum Gasteiger partial charge on any atom is -0.379 e. The van der Waals surface area contributed by atoms with Gasteiger partial charge in [-0.1, -0.05) is 12.1 Å². The number of ether oxygens (including phenoxy) is 1. The number of rotatable bonds is 7. The smallest absolute Gasteiger partial charge is 0.379 e. The van der Waals surface area contributed by atoms with Crippen LogP contribution in [0.5, 0.6) is 0 Å². The molecule has 38 heavy (non-hydrogen) atoms. The van der Waals surface area contributed by atoms with Crippen LogP contribution < -0.4 is 4.90 Å². The van der Waals surface area contributed by atoms with E-state index in [1.54, 1.807) is 18.5 Å². The number of hydrogen-bond donors (Lipinski definition) is 0. The van der Waals surface area contributed by atoms with E-state index in [1.165, 1.54) is 4.90 Å². The molecule has 0 spiro atoms. The topological polar surface area (TPSA) is 63.5 Å². The molecular weight excluding hydrogens is 502 g/mol. The Balaban J connectivity index is 1.29. The molecular formula is C27H27F4N5O2. The van der Waals surface area contributed by atoms with E-state index in [0.717, 1.165) is 17.5 Å². The van der Waals surface area contributed by atoms with Crippen LogP contribution in [0.15, 0.2) is 42.7 Å². The summed E-state index contributed by atoms with van der Waals surface area (Å²) in [5.41, 5.74) is 0.833. The molecule has 2 saturated heterocycles. The fourth-order valence-corrected chi connectivity index (χ4v) is 5.54. The summed E-state index contributed by atoms with van der Waals surface area (Å²) < 4.78 is 62.8. The number of carbonyl (C=O) groups is 1. The number of alkyl halides is 4. The lowest BCUT2D eigenvalue weighted by Crippen LogP contribution is -2.49. The summed E-state index contributed by atoms with van der Waals surface area (Å²) >= 11 is 0. The van der Waals surface area contributed by atoms with Crippen molar-refractivity contribution >= 4 is 11.6 Å². The molecule has 0 saturated carbocycles. The number of amides is 1. The summed E-state index contributed by atoms with van der Waals surface area (Å²) in [6, 6.07) is 10.1. The number of carbonyl (C=O) groups excluding carboxylic acids is 1. The molecule has 0 unspecified atom stereocenters. The third-order valence-corrected chi connectivity index (χ3v) is 7.86. The Morgan fingerprint density at radius 1 is 1.16 bits per heavy atom. The Bertz CT molecular complexity index is 1380. The number of aromatic nitrogens is 3. The van der Waals surface area contributed by atoms with Gasteiger partial charge < -0.3 is 14.2 Å². The van der Waals surface area contributed by atoms with Gasteiger partial charge >= 0.3 is 6.18 Å². The molecule has 0 aliphatic carbocycles. The standard InChI is InChI=1S/C27H27F4N5O2/c1-34-16-32-33-24(34)10-26(14-38-15-26)18-3-2-4-20(9-18)36-13-22-21(25(36)37)7-17(8-23(22)27(29,30)31)5-6-35-11-19(28)12-35/h2-4,7-9,16,19H,5-6,10-15H2,1H3. The maximum absolute atomic E-state index is 14.1. The number of aryl methyl sites for hydroxylation is 1. The molecule has 4 heterocycles. The van der Waals surface area contributed by atoms with Gasteiger partial charge in [0.15, 0.2) is 0 Å². The van der Waals surface area contributed by atoms with E-state index in [4.69, 9.17) is 4.74 Å². The van der Waals surface area contributed by atoms with Gasteiger partial charge in [-0.05, 0) is 47.4 Å². The lowest BCUT2D eigenvalue weighted by atomic mass is 9.75. The summed E-state index contributed by atoms with van der Waals surface area (Å²) in [5.74, 6) is 0.343. The first-order valence-corrected chi connectivity index (χ1v) is 12.6. The zero-order valence-corrected chi connectivity index (χ0v) is 20.8. The largest absolute Gasteiger partial charge is 0.416 e. The lowest BCUT2D eigenvalue weighted by molar-refractivity contribution is -0.138. The van der Waals surface area contributed by atoms with Gasteiger partial charge in [-0.3, -0.25) is 9.69 Å². The highest BCUT2D eigenvalue weighted by atomic mass is 19.4. The third kappa shape index (κ3) is 4.37. The number of benzene rings is 2. The van der Waals surface area contributed by atoms with Crippen LogP contribution in [0.25, 0.3) is 0 Å². The maximum Gasteiger partial charge on any atom is 0.416 e. The van der Waals surface area contributed by atoms with Crippen LogP contribution in [0.4, 0.5) is 23.2 Å². The van der Waals surface area contributed by atoms with Gasteiger partial charge in [-0.15, -0.1) is 10.2 Å². The first kappa shape index (κ1) is 25.0. The minimum absolute atomic E-state index is 0.00907. The van der Waals surface area contributed by atoms with E-state index in [9.17, 15) is 22.4 Å². The molecule has 0 radical (unpaired) electrons. The summed E-state index contributed by atoms with van der Waals surface area (Å²) in [5, 5.41) is 8.14. The Kier molecular flexibility index (Phi) is 6.03. The molecule has 0 N–H and O–H groups in total. The normalized spacial score (nSPS) is 19.4. The monoisotopic (exact) mass is 529 g/mol. The van der Waals surface area contributed by atoms with Crippen LogP contribution in [-0.2, 0) is 42.8 Å². The number of nitrogens with zero attached hydrogens (tertiary/aromatic N) is 5. The van der Waals surface area contributed by atoms with Crippen LogP contribution in [0.2, 0.25) is 0 Å². The van der Waals surface area contributed by atoms with Gasteiger partial charge in [-0.25, -0.2) is 4.39 Å². The highest BCUT2D eigenvalue weighted by Gasteiger charge is 2.43. The van der Waals surface area contributed by atoms with Crippen molar-refractivity contribution in [2.75, 3.05) is 37.7 Å². The Hall–Kier alpha value is -3.31. The van der Waals surface area contributed by atoms with Gasteiger partial charge in [0.25, 0.3) is 5.91 Å². The van der Waals surface area contributed by atoms with E-state index >= 15 is 0 Å². The lowest BCUT2D eigenvalue weighted by Gasteiger charge is -2.42. The van der Waals surface area contributed by atoms with Crippen molar-refractivity contribution in [1.82, 2.24) is 19.7 Å². The highest BCUT2D eigenvalue weighted by molar-refractivity contribution is 6.10. The molecule has 3 aliphatic heterocycles. The molecule has 11 heteroatoms. The van der Waals surface area contributed by atoms with Crippen LogP contribution in [0.1, 0.15) is 38.4 Å². The van der Waals surface area contributed by atoms with Crippen LogP contribution in [0.3, 0.4) is 0 Å². The van der Waals surface area contributed by atoms with Crippen LogP contribution in [-0.4, -0.2) is 64.6 Å². The average Bonchev–Trinajstić information content (AvgIpc) is 3.39. The fourth-order valence-electron chi connectivity index (χ4n) is 5.54. The van der Waals surface area contributed by atoms with Crippen molar-refractivity contribution in [3.63, 3.8) is 0 Å². The van der Waals surface area contributed by atoms with E-state index in [1.807, 2.05) is 34.7 Å². The van der Waals surface area contributed by atoms with Crippen molar-refractivity contribution in [2.45, 2.75) is 37.1 Å². The Labute approximate surface area is 217 Å². The maximum atomic E-state index is 14.1. The van der Waals surface area contributed by atoms with Crippen molar-refractivity contribution in [3.05, 3.63) is 76.4 Å². The molecule has 1 amide bonds. The van der Waals surface area contributed by atoms with Crippen molar-refractivity contribution in [2.24, 2.45) is 7.05 Å². The second-order valence-corrected chi connectivity index (χ2v) is 10.5. The molecule has 7 nitrogen and oxygen atoms in total. The van der Waals surface area contributed by atoms with Crippen molar-refractivity contribution < 1.29 is 27.1 Å². The average molecular weight is 530 g/mol. The number of halogens is 4. The highest BCUT2D eigenvalue weighted by Crippen LogP contribution is 2.41. The molecule has 0 bridgehead atoms. The molecule has 1 aromatic heterocycles. The fraction of sp³-hybridized carbons (Fsp3) is 0.444. The first-order chi connectivity index (χ1) is 18.1. The predicted octanol–water partition coefficient (Wildman–Crippen LogP) is 3.70. The molecule has 3 aromatic rings. The van der Waals surface area contributed by atoms with E-state index in [2.05, 4.69) is 10.2 Å². The second kappa shape index (κ2) is 9.16. The van der Waals surface area contributed by atoms with Gasteiger partial charge in [0, 0.05) is 49.8 Å². The van der Waals surface area contributed by atoms with Crippen LogP contribution >= 0.6 is 0 Å². The van der Waals surface area contributed by atoms with Gasteiger partial charge in [0.05, 0.1) is 25.3 Å². The molecule has 6 rings (SSSR count). The minimum atomic E-state index is -4.59. The predicted molar refractivity (Wildman–Crippen MR) is 131 cm³/mol. The Morgan fingerprint density at radius 2 is 1.95 bits per heavy atom.